The van der Waals surface area contributed by atoms with E-state index in [-0.39, 0.29) is 0 Å². The highest BCUT2D eigenvalue weighted by Gasteiger charge is 2.13. The van der Waals surface area contributed by atoms with Crippen molar-refractivity contribution in [1.29, 1.82) is 0 Å². The minimum Gasteiger partial charge on any atom is -0.439 e. The third kappa shape index (κ3) is 2.99. The van der Waals surface area contributed by atoms with Crippen LogP contribution in [0.5, 0.6) is 11.6 Å². The van der Waals surface area contributed by atoms with Gasteiger partial charge in [-0.05, 0) is 48.9 Å². The molecule has 24 heavy (non-hydrogen) atoms. The summed E-state index contributed by atoms with van der Waals surface area (Å²) in [5.41, 5.74) is 4.31. The van der Waals surface area contributed by atoms with Gasteiger partial charge in [0.15, 0.2) is 0 Å². The minimum atomic E-state index is 0.633. The molecule has 1 aliphatic rings. The molecule has 118 valence electrons. The molecule has 4 rings (SSSR count). The minimum absolute atomic E-state index is 0.633. The number of pyridine rings is 1. The first-order valence-electron chi connectivity index (χ1n) is 7.90. The molecule has 0 spiro atoms. The SMILES string of the molecule is Cc1cccnc1Oc1ccc(NC2=Nc3ccccc3C2)cc1. The maximum atomic E-state index is 5.82. The molecule has 4 heteroatoms. The Labute approximate surface area is 140 Å². The van der Waals surface area contributed by atoms with Crippen molar-refractivity contribution in [1.82, 2.24) is 4.98 Å². The number of hydrogen-bond acceptors (Lipinski definition) is 4. The monoisotopic (exact) mass is 315 g/mol. The summed E-state index contributed by atoms with van der Waals surface area (Å²) in [7, 11) is 0. The zero-order valence-corrected chi connectivity index (χ0v) is 13.4. The zero-order valence-electron chi connectivity index (χ0n) is 13.4. The summed E-state index contributed by atoms with van der Waals surface area (Å²) in [6.45, 7) is 1.98. The fourth-order valence-corrected chi connectivity index (χ4v) is 2.67. The van der Waals surface area contributed by atoms with E-state index in [1.165, 1.54) is 5.56 Å². The molecule has 0 atom stereocenters. The standard InChI is InChI=1S/C20H17N3O/c1-14-5-4-12-21-20(14)24-17-10-8-16(9-11-17)22-19-13-15-6-2-3-7-18(15)23-19/h2-12H,13H2,1H3,(H,22,23). The molecule has 0 unspecified atom stereocenters. The fraction of sp³-hybridized carbons (Fsp3) is 0.100. The van der Waals surface area contributed by atoms with Gasteiger partial charge in [0.1, 0.15) is 11.6 Å². The Morgan fingerprint density at radius 1 is 0.958 bits per heavy atom. The lowest BCUT2D eigenvalue weighted by molar-refractivity contribution is 0.459. The predicted octanol–water partition coefficient (Wildman–Crippen LogP) is 4.88. The van der Waals surface area contributed by atoms with Crippen molar-refractivity contribution in [3.05, 3.63) is 78.0 Å². The van der Waals surface area contributed by atoms with Crippen LogP contribution in [0.2, 0.25) is 0 Å². The van der Waals surface area contributed by atoms with Gasteiger partial charge in [-0.1, -0.05) is 24.3 Å². The van der Waals surface area contributed by atoms with Crippen LogP contribution in [-0.4, -0.2) is 10.8 Å². The second-order valence-corrected chi connectivity index (χ2v) is 5.74. The highest BCUT2D eigenvalue weighted by molar-refractivity contribution is 6.01. The molecule has 0 radical (unpaired) electrons. The summed E-state index contributed by atoms with van der Waals surface area (Å²) in [4.78, 5) is 8.86. The van der Waals surface area contributed by atoms with Crippen LogP contribution < -0.4 is 10.1 Å². The number of nitrogens with zero attached hydrogens (tertiary/aromatic N) is 2. The average Bonchev–Trinajstić information content (AvgIpc) is 3.01. The van der Waals surface area contributed by atoms with Gasteiger partial charge < -0.3 is 10.1 Å². The summed E-state index contributed by atoms with van der Waals surface area (Å²) in [6, 6.07) is 19.9. The van der Waals surface area contributed by atoms with E-state index >= 15 is 0 Å². The molecule has 0 saturated heterocycles. The number of nitrogens with one attached hydrogen (secondary N) is 1. The Kier molecular flexibility index (Phi) is 3.71. The van der Waals surface area contributed by atoms with E-state index < -0.39 is 0 Å². The summed E-state index contributed by atoms with van der Waals surface area (Å²) < 4.78 is 5.82. The summed E-state index contributed by atoms with van der Waals surface area (Å²) in [5.74, 6) is 2.36. The molecule has 1 aromatic heterocycles. The number of ether oxygens (including phenoxy) is 1. The first-order valence-corrected chi connectivity index (χ1v) is 7.90. The van der Waals surface area contributed by atoms with Crippen molar-refractivity contribution in [2.45, 2.75) is 13.3 Å². The van der Waals surface area contributed by atoms with E-state index in [1.807, 2.05) is 61.5 Å². The zero-order chi connectivity index (χ0) is 16.4. The van der Waals surface area contributed by atoms with Crippen molar-refractivity contribution in [2.75, 3.05) is 5.32 Å². The third-order valence-electron chi connectivity index (χ3n) is 3.92. The lowest BCUT2D eigenvalue weighted by Crippen LogP contribution is -2.11. The average molecular weight is 315 g/mol. The van der Waals surface area contributed by atoms with E-state index in [0.29, 0.717) is 5.88 Å². The smallest absolute Gasteiger partial charge is 0.222 e. The number of rotatable bonds is 3. The van der Waals surface area contributed by atoms with Gasteiger partial charge in [0.25, 0.3) is 0 Å². The number of aliphatic imine (C=N–C) groups is 1. The van der Waals surface area contributed by atoms with Crippen molar-refractivity contribution < 1.29 is 4.74 Å². The Morgan fingerprint density at radius 2 is 1.79 bits per heavy atom. The molecule has 1 aliphatic heterocycles. The predicted molar refractivity (Wildman–Crippen MR) is 96.4 cm³/mol. The molecule has 0 saturated carbocycles. The van der Waals surface area contributed by atoms with Gasteiger partial charge in [-0.2, -0.15) is 0 Å². The quantitative estimate of drug-likeness (QED) is 0.749. The van der Waals surface area contributed by atoms with Gasteiger partial charge in [-0.15, -0.1) is 0 Å². The van der Waals surface area contributed by atoms with Crippen LogP contribution in [0.1, 0.15) is 11.1 Å². The molecule has 0 aliphatic carbocycles. The van der Waals surface area contributed by atoms with Crippen LogP contribution >= 0.6 is 0 Å². The lowest BCUT2D eigenvalue weighted by atomic mass is 10.1. The van der Waals surface area contributed by atoms with Gasteiger partial charge in [0.2, 0.25) is 5.88 Å². The molecule has 3 aromatic rings. The lowest BCUT2D eigenvalue weighted by Gasteiger charge is -2.09. The highest BCUT2D eigenvalue weighted by Crippen LogP contribution is 2.27. The number of para-hydroxylation sites is 1. The molecular weight excluding hydrogens is 298 g/mol. The van der Waals surface area contributed by atoms with Crippen molar-refractivity contribution in [3.8, 4) is 11.6 Å². The van der Waals surface area contributed by atoms with E-state index in [4.69, 9.17) is 4.74 Å². The van der Waals surface area contributed by atoms with Crippen molar-refractivity contribution in [2.24, 2.45) is 4.99 Å². The van der Waals surface area contributed by atoms with Crippen LogP contribution in [0.25, 0.3) is 0 Å². The summed E-state index contributed by atoms with van der Waals surface area (Å²) in [6.07, 6.45) is 2.57. The Bertz CT molecular complexity index is 901. The maximum Gasteiger partial charge on any atom is 0.222 e. The molecule has 0 amide bonds. The second-order valence-electron chi connectivity index (χ2n) is 5.74. The van der Waals surface area contributed by atoms with Crippen molar-refractivity contribution in [3.63, 3.8) is 0 Å². The number of aryl methyl sites for hydroxylation is 1. The first kappa shape index (κ1) is 14.5. The topological polar surface area (TPSA) is 46.5 Å². The Balaban J connectivity index is 1.45. The number of anilines is 1. The van der Waals surface area contributed by atoms with E-state index in [2.05, 4.69) is 21.4 Å². The van der Waals surface area contributed by atoms with Crippen LogP contribution in [0.3, 0.4) is 0 Å². The number of fused-ring (bicyclic) bond motifs is 1. The fourth-order valence-electron chi connectivity index (χ4n) is 2.67. The van der Waals surface area contributed by atoms with E-state index in [0.717, 1.165) is 34.9 Å². The molecule has 2 heterocycles. The van der Waals surface area contributed by atoms with E-state index in [9.17, 15) is 0 Å². The van der Waals surface area contributed by atoms with Gasteiger partial charge in [-0.3, -0.25) is 0 Å². The molecule has 1 N–H and O–H groups in total. The van der Waals surface area contributed by atoms with Crippen LogP contribution in [0, 0.1) is 6.92 Å². The first-order chi connectivity index (χ1) is 11.8. The number of amidine groups is 1. The number of benzene rings is 2. The molecular formula is C20H17N3O. The highest BCUT2D eigenvalue weighted by atomic mass is 16.5. The van der Waals surface area contributed by atoms with Gasteiger partial charge in [0, 0.05) is 23.9 Å². The summed E-state index contributed by atoms with van der Waals surface area (Å²) >= 11 is 0. The Hall–Kier alpha value is -3.14. The maximum absolute atomic E-state index is 5.82. The van der Waals surface area contributed by atoms with Crippen LogP contribution in [0.4, 0.5) is 11.4 Å². The summed E-state index contributed by atoms with van der Waals surface area (Å²) in [5, 5.41) is 3.37. The van der Waals surface area contributed by atoms with Gasteiger partial charge >= 0.3 is 0 Å². The molecule has 0 fully saturated rings. The van der Waals surface area contributed by atoms with Gasteiger partial charge in [0.05, 0.1) is 5.69 Å². The van der Waals surface area contributed by atoms with Crippen molar-refractivity contribution >= 4 is 17.2 Å². The largest absolute Gasteiger partial charge is 0.439 e. The molecule has 2 aromatic carbocycles. The van der Waals surface area contributed by atoms with Gasteiger partial charge in [-0.25, -0.2) is 9.98 Å². The number of aromatic nitrogens is 1. The third-order valence-corrected chi connectivity index (χ3v) is 3.92. The molecule has 4 nitrogen and oxygen atoms in total. The second kappa shape index (κ2) is 6.16. The molecule has 0 bridgehead atoms. The van der Waals surface area contributed by atoms with Crippen LogP contribution in [0.15, 0.2) is 71.9 Å². The number of hydrogen-bond donors (Lipinski definition) is 1. The Morgan fingerprint density at radius 3 is 2.58 bits per heavy atom. The van der Waals surface area contributed by atoms with E-state index in [1.54, 1.807) is 6.20 Å². The normalized spacial score (nSPS) is 12.5. The van der Waals surface area contributed by atoms with Crippen LogP contribution in [-0.2, 0) is 6.42 Å².